The number of rotatable bonds is 5. The van der Waals surface area contributed by atoms with Crippen molar-refractivity contribution < 1.29 is 18.7 Å². The molecule has 2 saturated heterocycles. The lowest BCUT2D eigenvalue weighted by molar-refractivity contribution is -0.128. The quantitative estimate of drug-likeness (QED) is 0.473. The van der Waals surface area contributed by atoms with Crippen LogP contribution in [-0.4, -0.2) is 35.9 Å². The molecule has 1 spiro atoms. The highest BCUT2D eigenvalue weighted by Crippen LogP contribution is 2.61. The van der Waals surface area contributed by atoms with Gasteiger partial charge in [-0.3, -0.25) is 14.5 Å². The van der Waals surface area contributed by atoms with Crippen LogP contribution in [0.3, 0.4) is 0 Å². The first-order chi connectivity index (χ1) is 17.9. The molecule has 2 amide bonds. The summed E-state index contributed by atoms with van der Waals surface area (Å²) in [5, 5.41) is 6.33. The summed E-state index contributed by atoms with van der Waals surface area (Å²) in [5.74, 6) is -1.94. The Morgan fingerprint density at radius 3 is 2.73 bits per heavy atom. The predicted octanol–water partition coefficient (Wildman–Crippen LogP) is 5.09. The second kappa shape index (κ2) is 9.01. The number of fused-ring (bicyclic) bond motifs is 3. The van der Waals surface area contributed by atoms with Crippen LogP contribution in [0.4, 0.5) is 10.1 Å². The summed E-state index contributed by atoms with van der Waals surface area (Å²) in [7, 11) is 0. The minimum absolute atomic E-state index is 0.0554. The van der Waals surface area contributed by atoms with Gasteiger partial charge in [0.05, 0.1) is 17.5 Å². The van der Waals surface area contributed by atoms with Gasteiger partial charge in [0.2, 0.25) is 11.8 Å². The summed E-state index contributed by atoms with van der Waals surface area (Å²) >= 11 is 12.5. The predicted molar refractivity (Wildman–Crippen MR) is 139 cm³/mol. The van der Waals surface area contributed by atoms with Crippen molar-refractivity contribution in [3.05, 3.63) is 93.2 Å². The Balaban J connectivity index is 1.60. The maximum Gasteiger partial charge on any atom is 0.250 e. The average Bonchev–Trinajstić information content (AvgIpc) is 3.47. The Labute approximate surface area is 223 Å². The molecule has 0 aliphatic carbocycles. The number of hydrogen-bond acceptors (Lipinski definition) is 4. The number of amides is 2. The van der Waals surface area contributed by atoms with Crippen LogP contribution < -0.4 is 15.4 Å². The van der Waals surface area contributed by atoms with E-state index < -0.39 is 23.2 Å². The topological polar surface area (TPSA) is 70.7 Å². The van der Waals surface area contributed by atoms with Crippen LogP contribution in [0.2, 0.25) is 10.0 Å². The molecule has 0 bridgehead atoms. The van der Waals surface area contributed by atoms with Crippen molar-refractivity contribution in [3.63, 3.8) is 0 Å². The summed E-state index contributed by atoms with van der Waals surface area (Å²) < 4.78 is 21.4. The van der Waals surface area contributed by atoms with E-state index in [1.165, 1.54) is 6.07 Å². The van der Waals surface area contributed by atoms with Crippen molar-refractivity contribution in [2.24, 2.45) is 5.92 Å². The maximum atomic E-state index is 15.7. The Kier molecular flexibility index (Phi) is 5.90. The molecule has 0 radical (unpaired) electrons. The fourth-order valence-corrected chi connectivity index (χ4v) is 6.76. The molecular weight excluding hydrogens is 516 g/mol. The van der Waals surface area contributed by atoms with E-state index in [4.69, 9.17) is 27.9 Å². The summed E-state index contributed by atoms with van der Waals surface area (Å²) in [4.78, 5) is 29.5. The third-order valence-corrected chi connectivity index (χ3v) is 8.26. The minimum Gasteiger partial charge on any atom is -0.494 e. The van der Waals surface area contributed by atoms with Gasteiger partial charge < -0.3 is 15.4 Å². The van der Waals surface area contributed by atoms with Crippen molar-refractivity contribution in [1.82, 2.24) is 10.2 Å². The second-order valence-corrected chi connectivity index (χ2v) is 10.4. The van der Waals surface area contributed by atoms with Crippen LogP contribution in [0, 0.1) is 11.7 Å². The highest BCUT2D eigenvalue weighted by molar-refractivity contribution is 6.31. The van der Waals surface area contributed by atoms with Gasteiger partial charge >= 0.3 is 0 Å². The Morgan fingerprint density at radius 2 is 1.92 bits per heavy atom. The Hall–Kier alpha value is -3.13. The lowest BCUT2D eigenvalue weighted by atomic mass is 9.71. The number of carbonyl (C=O) groups is 2. The van der Waals surface area contributed by atoms with Crippen LogP contribution in [0.1, 0.15) is 29.5 Å². The first kappa shape index (κ1) is 24.2. The number of ether oxygens (including phenoxy) is 1. The number of hydrogen-bond donors (Lipinski definition) is 2. The van der Waals surface area contributed by atoms with Gasteiger partial charge in [-0.25, -0.2) is 4.39 Å². The first-order valence-electron chi connectivity index (χ1n) is 12.2. The van der Waals surface area contributed by atoms with Crippen molar-refractivity contribution >= 4 is 40.7 Å². The van der Waals surface area contributed by atoms with Crippen molar-refractivity contribution in [1.29, 1.82) is 0 Å². The highest BCUT2D eigenvalue weighted by atomic mass is 35.5. The first-order valence-corrected chi connectivity index (χ1v) is 12.9. The SMILES string of the molecule is CCOc1cccc(CN2C3CNC(=O)[C@H]3[C@H](c3cccc(Cl)c3F)[C@]23C(=O)Nc2cc(Cl)ccc23)c1. The molecule has 37 heavy (non-hydrogen) atoms. The molecule has 0 saturated carbocycles. The summed E-state index contributed by atoms with van der Waals surface area (Å²) in [6.45, 7) is 3.11. The number of nitrogens with one attached hydrogen (secondary N) is 2. The molecule has 0 aromatic heterocycles. The zero-order chi connectivity index (χ0) is 25.9. The van der Waals surface area contributed by atoms with Gasteiger partial charge in [0, 0.05) is 41.3 Å². The molecule has 3 aromatic carbocycles. The lowest BCUT2D eigenvalue weighted by Gasteiger charge is -2.40. The zero-order valence-corrected chi connectivity index (χ0v) is 21.4. The molecular formula is C28H24Cl2FN3O3. The van der Waals surface area contributed by atoms with E-state index in [9.17, 15) is 9.59 Å². The normalized spacial score (nSPS) is 26.2. The largest absolute Gasteiger partial charge is 0.494 e. The number of nitrogens with zero attached hydrogens (tertiary/aromatic N) is 1. The number of carbonyl (C=O) groups excluding carboxylic acids is 2. The van der Waals surface area contributed by atoms with E-state index in [1.807, 2.05) is 36.1 Å². The van der Waals surface area contributed by atoms with Gasteiger partial charge in [-0.05, 0) is 48.4 Å². The number of benzene rings is 3. The minimum atomic E-state index is -1.36. The van der Waals surface area contributed by atoms with Gasteiger partial charge in [0.15, 0.2) is 0 Å². The molecule has 190 valence electrons. The van der Waals surface area contributed by atoms with Gasteiger partial charge in [-0.1, -0.05) is 53.5 Å². The van der Waals surface area contributed by atoms with Crippen molar-refractivity contribution in [2.45, 2.75) is 31.0 Å². The molecule has 3 heterocycles. The fraction of sp³-hybridized carbons (Fsp3) is 0.286. The number of halogens is 3. The van der Waals surface area contributed by atoms with Crippen LogP contribution >= 0.6 is 23.2 Å². The Bertz CT molecular complexity index is 1430. The van der Waals surface area contributed by atoms with Crippen LogP contribution in [0.5, 0.6) is 5.75 Å². The van der Waals surface area contributed by atoms with E-state index in [-0.39, 0.29) is 28.4 Å². The van der Waals surface area contributed by atoms with Crippen LogP contribution in [0.25, 0.3) is 0 Å². The van der Waals surface area contributed by atoms with Gasteiger partial charge in [0.25, 0.3) is 0 Å². The van der Waals surface area contributed by atoms with Crippen molar-refractivity contribution in [2.75, 3.05) is 18.5 Å². The molecule has 1 unspecified atom stereocenters. The van der Waals surface area contributed by atoms with Crippen LogP contribution in [-0.2, 0) is 21.7 Å². The summed E-state index contributed by atoms with van der Waals surface area (Å²) in [6, 6.07) is 17.2. The van der Waals surface area contributed by atoms with Gasteiger partial charge in [-0.2, -0.15) is 0 Å². The smallest absolute Gasteiger partial charge is 0.250 e. The monoisotopic (exact) mass is 539 g/mol. The molecule has 3 aliphatic rings. The van der Waals surface area contributed by atoms with E-state index in [1.54, 1.807) is 30.3 Å². The zero-order valence-electron chi connectivity index (χ0n) is 19.9. The molecule has 2 N–H and O–H groups in total. The maximum absolute atomic E-state index is 15.7. The Morgan fingerprint density at radius 1 is 1.11 bits per heavy atom. The second-order valence-electron chi connectivity index (χ2n) is 9.58. The van der Waals surface area contributed by atoms with Gasteiger partial charge in [-0.15, -0.1) is 0 Å². The van der Waals surface area contributed by atoms with Crippen LogP contribution in [0.15, 0.2) is 60.7 Å². The third-order valence-electron chi connectivity index (χ3n) is 7.73. The lowest BCUT2D eigenvalue weighted by Crippen LogP contribution is -2.53. The molecule has 3 aromatic rings. The molecule has 6 rings (SSSR count). The summed E-state index contributed by atoms with van der Waals surface area (Å²) in [5.41, 5.74) is 1.00. The van der Waals surface area contributed by atoms with E-state index in [0.29, 0.717) is 41.7 Å². The molecule has 4 atom stereocenters. The highest BCUT2D eigenvalue weighted by Gasteiger charge is 2.69. The standard InChI is InChI=1S/C28H24Cl2FN3O3/c1-2-37-17-6-3-5-15(11-17)14-34-22-13-32-26(35)23(22)24(18-7-4-8-20(30)25(18)31)28(34)19-10-9-16(29)12-21(19)33-27(28)36/h3-12,22-24H,2,13-14H2,1H3,(H,32,35)(H,33,36)/t22?,23-,24+,28-/m1/s1. The molecule has 3 aliphatic heterocycles. The number of anilines is 1. The number of likely N-dealkylation sites (tertiary alicyclic amines) is 1. The summed E-state index contributed by atoms with van der Waals surface area (Å²) in [6.07, 6.45) is 0. The van der Waals surface area contributed by atoms with Crippen molar-refractivity contribution in [3.8, 4) is 5.75 Å². The molecule has 2 fully saturated rings. The third kappa shape index (κ3) is 3.55. The van der Waals surface area contributed by atoms with E-state index >= 15 is 4.39 Å². The molecule has 9 heteroatoms. The van der Waals surface area contributed by atoms with Gasteiger partial charge in [0.1, 0.15) is 17.1 Å². The molecule has 6 nitrogen and oxygen atoms in total. The van der Waals surface area contributed by atoms with E-state index in [0.717, 1.165) is 5.56 Å². The average molecular weight is 540 g/mol. The van der Waals surface area contributed by atoms with E-state index in [2.05, 4.69) is 10.6 Å². The fourth-order valence-electron chi connectivity index (χ4n) is 6.41.